The number of benzene rings is 1. The summed E-state index contributed by atoms with van der Waals surface area (Å²) < 4.78 is 0. The van der Waals surface area contributed by atoms with E-state index in [0.717, 1.165) is 0 Å². The molecule has 0 aromatic heterocycles. The Morgan fingerprint density at radius 3 is 2.56 bits per heavy atom. The second-order valence-corrected chi connectivity index (χ2v) is 1.50. The molecule has 0 unspecified atom stereocenters. The summed E-state index contributed by atoms with van der Waals surface area (Å²) >= 11 is 0. The average molecular weight is 197 g/mol. The van der Waals surface area contributed by atoms with Gasteiger partial charge in [0.05, 0.1) is 0 Å². The first-order valence-electron chi connectivity index (χ1n) is 2.25. The molecule has 0 saturated carbocycles. The monoisotopic (exact) mass is 197 g/mol. The number of hydrogen-bond donors (Lipinski definition) is 2. The van der Waals surface area contributed by atoms with Crippen LogP contribution in [0.1, 0.15) is 0 Å². The Hall–Kier alpha value is -0.0761. The minimum atomic E-state index is 0. The number of anilines is 1. The minimum absolute atomic E-state index is 0. The summed E-state index contributed by atoms with van der Waals surface area (Å²) in [7, 11) is 0. The average Bonchev–Trinajstić information content (AvgIpc) is 1.64. The predicted octanol–water partition coefficient (Wildman–Crippen LogP) is 0.772. The summed E-state index contributed by atoms with van der Waals surface area (Å²) in [6.07, 6.45) is 0. The molecule has 1 radical (unpaired) electrons. The van der Waals surface area contributed by atoms with Gasteiger partial charge in [-0.25, -0.2) is 0 Å². The van der Waals surface area contributed by atoms with Crippen molar-refractivity contribution in [1.82, 2.24) is 0 Å². The first-order valence-corrected chi connectivity index (χ1v) is 2.25. The van der Waals surface area contributed by atoms with Crippen molar-refractivity contribution in [1.29, 1.82) is 0 Å². The molecule has 1 aromatic rings. The third-order valence-electron chi connectivity index (χ3n) is 0.807. The molecule has 1 rings (SSSR count). The molecule has 0 aliphatic rings. The number of aromatic hydroxyl groups is 1. The van der Waals surface area contributed by atoms with Crippen molar-refractivity contribution in [2.45, 2.75) is 0 Å². The third kappa shape index (κ3) is 2.82. The molecule has 0 atom stereocenters. The van der Waals surface area contributed by atoms with Crippen LogP contribution in [0.4, 0.5) is 5.69 Å². The van der Waals surface area contributed by atoms with Gasteiger partial charge >= 0.3 is 0 Å². The minimum Gasteiger partial charge on any atom is -0.533 e. The molecule has 1 aromatic carbocycles. The largest absolute Gasteiger partial charge is 0.533 e. The Bertz CT molecular complexity index is 173. The van der Waals surface area contributed by atoms with Crippen LogP contribution >= 0.6 is 0 Å². The zero-order valence-electron chi connectivity index (χ0n) is 4.83. The van der Waals surface area contributed by atoms with E-state index < -0.39 is 0 Å². The van der Waals surface area contributed by atoms with Crippen molar-refractivity contribution in [2.75, 3.05) is 5.73 Å². The molecule has 3 heteroatoms. The van der Waals surface area contributed by atoms with Crippen LogP contribution in [-0.2, 0) is 32.7 Å². The predicted molar refractivity (Wildman–Crippen MR) is 31.4 cm³/mol. The van der Waals surface area contributed by atoms with E-state index in [2.05, 4.69) is 6.07 Å². The van der Waals surface area contributed by atoms with E-state index in [-0.39, 0.29) is 38.5 Å². The second-order valence-electron chi connectivity index (χ2n) is 1.50. The fourth-order valence-corrected chi connectivity index (χ4v) is 0.472. The molecular formula is C6H6NOY-. The second kappa shape index (κ2) is 3.86. The van der Waals surface area contributed by atoms with Crippen LogP contribution in [-0.4, -0.2) is 5.11 Å². The topological polar surface area (TPSA) is 46.2 Å². The zero-order valence-corrected chi connectivity index (χ0v) is 7.67. The molecule has 2 nitrogen and oxygen atoms in total. The van der Waals surface area contributed by atoms with Crippen molar-refractivity contribution in [3.05, 3.63) is 24.3 Å². The standard InChI is InChI=1S/C6H6NO.Y/c7-5-2-1-3-6(8)4-5;/h1,3-4,8H,7H2;/q-1;. The Morgan fingerprint density at radius 2 is 2.22 bits per heavy atom. The van der Waals surface area contributed by atoms with Gasteiger partial charge in [0, 0.05) is 38.5 Å². The maximum Gasteiger partial charge on any atom is 0.0101 e. The van der Waals surface area contributed by atoms with Crippen LogP contribution in [0.2, 0.25) is 0 Å². The smallest absolute Gasteiger partial charge is 0.0101 e. The van der Waals surface area contributed by atoms with Gasteiger partial charge in [-0.15, -0.1) is 12.1 Å². The number of hydrogen-bond acceptors (Lipinski definition) is 2. The van der Waals surface area contributed by atoms with Crippen LogP contribution in [0.3, 0.4) is 0 Å². The van der Waals surface area contributed by atoms with Gasteiger partial charge in [-0.3, -0.25) is 0 Å². The third-order valence-corrected chi connectivity index (χ3v) is 0.807. The van der Waals surface area contributed by atoms with Crippen molar-refractivity contribution < 1.29 is 37.8 Å². The van der Waals surface area contributed by atoms with Gasteiger partial charge in [0.1, 0.15) is 0 Å². The van der Waals surface area contributed by atoms with E-state index in [4.69, 9.17) is 10.8 Å². The molecule has 3 N–H and O–H groups in total. The molecule has 0 spiro atoms. The number of phenols is 1. The maximum absolute atomic E-state index is 8.71. The van der Waals surface area contributed by atoms with Crippen molar-refractivity contribution in [3.63, 3.8) is 0 Å². The van der Waals surface area contributed by atoms with Gasteiger partial charge in [0.2, 0.25) is 0 Å². The van der Waals surface area contributed by atoms with Gasteiger partial charge < -0.3 is 10.8 Å². The van der Waals surface area contributed by atoms with E-state index in [1.807, 2.05) is 0 Å². The Balaban J connectivity index is 0.000000640. The number of nitrogens with two attached hydrogens (primary N) is 1. The maximum atomic E-state index is 8.71. The van der Waals surface area contributed by atoms with Crippen LogP contribution in [0.25, 0.3) is 0 Å². The van der Waals surface area contributed by atoms with Gasteiger partial charge in [-0.1, -0.05) is 5.69 Å². The van der Waals surface area contributed by atoms with E-state index in [0.29, 0.717) is 5.69 Å². The molecule has 0 aliphatic carbocycles. The molecule has 0 fully saturated rings. The molecular weight excluding hydrogens is 191 g/mol. The fraction of sp³-hybridized carbons (Fsp3) is 0. The normalized spacial score (nSPS) is 8.00. The van der Waals surface area contributed by atoms with Gasteiger partial charge in [-0.05, 0) is 0 Å². The summed E-state index contributed by atoms with van der Waals surface area (Å²) in [6.45, 7) is 0. The van der Waals surface area contributed by atoms with Gasteiger partial charge in [0.25, 0.3) is 0 Å². The van der Waals surface area contributed by atoms with Crippen molar-refractivity contribution in [2.24, 2.45) is 0 Å². The fourth-order valence-electron chi connectivity index (χ4n) is 0.472. The van der Waals surface area contributed by atoms with Crippen molar-refractivity contribution in [3.8, 4) is 5.75 Å². The molecule has 9 heavy (non-hydrogen) atoms. The molecule has 0 aliphatic heterocycles. The molecule has 0 saturated heterocycles. The Morgan fingerprint density at radius 1 is 1.56 bits per heavy atom. The molecule has 0 heterocycles. The summed E-state index contributed by atoms with van der Waals surface area (Å²) in [5.74, 6) is 0.182. The number of rotatable bonds is 0. The number of phenolic OH excluding ortho intramolecular Hbond substituents is 1. The first kappa shape index (κ1) is 8.92. The number of nitrogen functional groups attached to an aromatic ring is 1. The first-order chi connectivity index (χ1) is 3.79. The van der Waals surface area contributed by atoms with E-state index in [1.54, 1.807) is 6.07 Å². The molecule has 45 valence electrons. The van der Waals surface area contributed by atoms with E-state index >= 15 is 0 Å². The van der Waals surface area contributed by atoms with Crippen LogP contribution in [0.15, 0.2) is 18.2 Å². The summed E-state index contributed by atoms with van der Waals surface area (Å²) in [6, 6.07) is 7.23. The summed E-state index contributed by atoms with van der Waals surface area (Å²) in [5.41, 5.74) is 5.71. The summed E-state index contributed by atoms with van der Waals surface area (Å²) in [4.78, 5) is 0. The Labute approximate surface area is 78.9 Å². The SMILES string of the molecule is Nc1[c-]ccc(O)c1.[Y]. The van der Waals surface area contributed by atoms with E-state index in [9.17, 15) is 0 Å². The van der Waals surface area contributed by atoms with Crippen LogP contribution < -0.4 is 5.73 Å². The van der Waals surface area contributed by atoms with Gasteiger partial charge in [-0.2, -0.15) is 12.1 Å². The van der Waals surface area contributed by atoms with Crippen molar-refractivity contribution >= 4 is 5.69 Å². The quantitative estimate of drug-likeness (QED) is 0.476. The van der Waals surface area contributed by atoms with E-state index in [1.165, 1.54) is 12.1 Å². The summed E-state index contributed by atoms with van der Waals surface area (Å²) in [5, 5.41) is 8.71. The van der Waals surface area contributed by atoms with Gasteiger partial charge in [0.15, 0.2) is 0 Å². The molecule has 0 amide bonds. The van der Waals surface area contributed by atoms with Crippen LogP contribution in [0.5, 0.6) is 5.75 Å². The zero-order chi connectivity index (χ0) is 5.98. The molecule has 0 bridgehead atoms. The Kier molecular flexibility index (Phi) is 3.82. The van der Waals surface area contributed by atoms with Crippen LogP contribution in [0, 0.1) is 6.07 Å².